The van der Waals surface area contributed by atoms with Crippen molar-refractivity contribution < 1.29 is 14.4 Å². The van der Waals surface area contributed by atoms with E-state index in [1.54, 1.807) is 67.6 Å². The summed E-state index contributed by atoms with van der Waals surface area (Å²) in [5.41, 5.74) is 1.60. The molecule has 1 unspecified atom stereocenters. The van der Waals surface area contributed by atoms with Crippen LogP contribution in [0.1, 0.15) is 22.2 Å². The fraction of sp³-hybridized carbons (Fsp3) is 0.0690. The number of hydrogen-bond donors (Lipinski definition) is 3. The van der Waals surface area contributed by atoms with Gasteiger partial charge in [-0.2, -0.15) is 0 Å². The number of amides is 3. The van der Waals surface area contributed by atoms with Crippen LogP contribution in [0.2, 0.25) is 10.0 Å². The van der Waals surface area contributed by atoms with Crippen molar-refractivity contribution in [2.24, 2.45) is 0 Å². The van der Waals surface area contributed by atoms with Crippen molar-refractivity contribution in [2.45, 2.75) is 17.1 Å². The van der Waals surface area contributed by atoms with Crippen LogP contribution in [0.25, 0.3) is 6.08 Å². The molecule has 10 heteroatoms. The third kappa shape index (κ3) is 8.21. The maximum absolute atomic E-state index is 13.1. The lowest BCUT2D eigenvalue weighted by atomic mass is 10.2. The van der Waals surface area contributed by atoms with Gasteiger partial charge in [-0.15, -0.1) is 23.1 Å². The first-order valence-corrected chi connectivity index (χ1v) is 14.3. The van der Waals surface area contributed by atoms with Crippen LogP contribution < -0.4 is 16.0 Å². The summed E-state index contributed by atoms with van der Waals surface area (Å²) in [7, 11) is 0. The lowest BCUT2D eigenvalue weighted by molar-refractivity contribution is -0.115. The molecule has 3 N–H and O–H groups in total. The fourth-order valence-electron chi connectivity index (χ4n) is 3.36. The maximum atomic E-state index is 13.1. The molecule has 1 heterocycles. The van der Waals surface area contributed by atoms with Gasteiger partial charge in [0.25, 0.3) is 11.8 Å². The number of thiophene rings is 1. The van der Waals surface area contributed by atoms with Crippen LogP contribution in [0, 0.1) is 0 Å². The molecule has 3 aromatic carbocycles. The molecule has 198 valence electrons. The Morgan fingerprint density at radius 1 is 0.897 bits per heavy atom. The molecule has 3 amide bonds. The van der Waals surface area contributed by atoms with E-state index < -0.39 is 11.2 Å². The summed E-state index contributed by atoms with van der Waals surface area (Å²) in [5.74, 6) is -1.05. The minimum atomic E-state index is -0.458. The number of hydrogen-bond acceptors (Lipinski definition) is 5. The van der Waals surface area contributed by atoms with Crippen LogP contribution in [0.5, 0.6) is 0 Å². The highest BCUT2D eigenvalue weighted by Crippen LogP contribution is 2.29. The van der Waals surface area contributed by atoms with E-state index in [1.165, 1.54) is 23.1 Å². The summed E-state index contributed by atoms with van der Waals surface area (Å²) in [4.78, 5) is 40.1. The molecule has 0 aliphatic heterocycles. The van der Waals surface area contributed by atoms with Crippen molar-refractivity contribution in [3.05, 3.63) is 116 Å². The van der Waals surface area contributed by atoms with Gasteiger partial charge >= 0.3 is 0 Å². The van der Waals surface area contributed by atoms with E-state index >= 15 is 0 Å². The molecule has 0 spiro atoms. The first-order valence-electron chi connectivity index (χ1n) is 11.7. The third-order valence-corrected chi connectivity index (χ3v) is 7.82. The van der Waals surface area contributed by atoms with Crippen molar-refractivity contribution in [3.63, 3.8) is 0 Å². The Kier molecular flexibility index (Phi) is 9.84. The molecule has 1 atom stereocenters. The number of halogens is 2. The fourth-order valence-corrected chi connectivity index (χ4v) is 5.34. The SMILES string of the molecule is CC(Sc1ccc(NC(=O)/C(=C/c2cccs2)NC(=O)c2ccccc2)cc1)C(=O)Nc1ccc(Cl)cc1Cl. The van der Waals surface area contributed by atoms with Crippen molar-refractivity contribution >= 4 is 81.5 Å². The molecular formula is C29H23Cl2N3O3S2. The number of carbonyl (C=O) groups is 3. The van der Waals surface area contributed by atoms with Gasteiger partial charge in [0.05, 0.1) is 16.0 Å². The molecule has 0 bridgehead atoms. The molecule has 4 aromatic rings. The number of benzene rings is 3. The predicted molar refractivity (Wildman–Crippen MR) is 162 cm³/mol. The molecule has 0 aliphatic rings. The first-order chi connectivity index (χ1) is 18.8. The molecule has 0 saturated carbocycles. The number of anilines is 2. The van der Waals surface area contributed by atoms with Gasteiger partial charge in [0.15, 0.2) is 0 Å². The Balaban J connectivity index is 1.39. The van der Waals surface area contributed by atoms with Gasteiger partial charge in [-0.05, 0) is 79.0 Å². The topological polar surface area (TPSA) is 87.3 Å². The van der Waals surface area contributed by atoms with E-state index in [1.807, 2.05) is 35.7 Å². The molecule has 0 radical (unpaired) electrons. The highest BCUT2D eigenvalue weighted by Gasteiger charge is 2.17. The van der Waals surface area contributed by atoms with Gasteiger partial charge in [0.2, 0.25) is 5.91 Å². The average molecular weight is 597 g/mol. The van der Waals surface area contributed by atoms with Gasteiger partial charge in [-0.25, -0.2) is 0 Å². The standard InChI is InChI=1S/C29H23Cl2N3O3S2/c1-18(27(35)33-25-14-9-20(30)16-24(25)31)39-22-12-10-21(11-13-22)32-29(37)26(17-23-8-5-15-38-23)34-28(36)19-6-3-2-4-7-19/h2-18H,1H3,(H,32,37)(H,33,35)(H,34,36)/b26-17-. The summed E-state index contributed by atoms with van der Waals surface area (Å²) >= 11 is 14.9. The normalized spacial score (nSPS) is 11.9. The molecule has 6 nitrogen and oxygen atoms in total. The Labute approximate surface area is 244 Å². The zero-order valence-corrected chi connectivity index (χ0v) is 23.8. The molecule has 0 saturated heterocycles. The van der Waals surface area contributed by atoms with E-state index in [4.69, 9.17) is 23.2 Å². The lowest BCUT2D eigenvalue weighted by Gasteiger charge is -2.14. The second-order valence-corrected chi connectivity index (χ2v) is 11.5. The van der Waals surface area contributed by atoms with Crippen molar-refractivity contribution in [1.29, 1.82) is 0 Å². The zero-order chi connectivity index (χ0) is 27.8. The monoisotopic (exact) mass is 595 g/mol. The van der Waals surface area contributed by atoms with Gasteiger partial charge in [0, 0.05) is 26.0 Å². The van der Waals surface area contributed by atoms with Crippen LogP contribution in [-0.2, 0) is 9.59 Å². The summed E-state index contributed by atoms with van der Waals surface area (Å²) in [6.07, 6.45) is 1.64. The Morgan fingerprint density at radius 2 is 1.64 bits per heavy atom. The highest BCUT2D eigenvalue weighted by molar-refractivity contribution is 8.00. The molecule has 0 aliphatic carbocycles. The predicted octanol–water partition coefficient (Wildman–Crippen LogP) is 7.58. The quantitative estimate of drug-likeness (QED) is 0.137. The molecule has 0 fully saturated rings. The maximum Gasteiger partial charge on any atom is 0.272 e. The molecule has 39 heavy (non-hydrogen) atoms. The van der Waals surface area contributed by atoms with Gasteiger partial charge in [-0.3, -0.25) is 14.4 Å². The second kappa shape index (κ2) is 13.5. The zero-order valence-electron chi connectivity index (χ0n) is 20.6. The number of carbonyl (C=O) groups excluding carboxylic acids is 3. The number of rotatable bonds is 9. The van der Waals surface area contributed by atoms with Gasteiger partial charge in [-0.1, -0.05) is 47.5 Å². The Hall–Kier alpha value is -3.56. The minimum absolute atomic E-state index is 0.121. The van der Waals surface area contributed by atoms with Crippen molar-refractivity contribution in [2.75, 3.05) is 10.6 Å². The van der Waals surface area contributed by atoms with E-state index in [2.05, 4.69) is 16.0 Å². The Morgan fingerprint density at radius 3 is 2.31 bits per heavy atom. The van der Waals surface area contributed by atoms with Gasteiger partial charge in [0.1, 0.15) is 5.70 Å². The highest BCUT2D eigenvalue weighted by atomic mass is 35.5. The molecular weight excluding hydrogens is 573 g/mol. The summed E-state index contributed by atoms with van der Waals surface area (Å²) < 4.78 is 0. The van der Waals surface area contributed by atoms with Crippen molar-refractivity contribution in [3.8, 4) is 0 Å². The van der Waals surface area contributed by atoms with Crippen LogP contribution >= 0.6 is 46.3 Å². The summed E-state index contributed by atoms with van der Waals surface area (Å²) in [6, 6.07) is 24.4. The van der Waals surface area contributed by atoms with Crippen LogP contribution in [-0.4, -0.2) is 23.0 Å². The van der Waals surface area contributed by atoms with E-state index in [0.29, 0.717) is 27.0 Å². The smallest absolute Gasteiger partial charge is 0.272 e. The first kappa shape index (κ1) is 28.4. The molecule has 4 rings (SSSR count). The number of nitrogens with one attached hydrogen (secondary N) is 3. The van der Waals surface area contributed by atoms with Crippen LogP contribution in [0.4, 0.5) is 11.4 Å². The molecule has 1 aromatic heterocycles. The second-order valence-electron chi connectivity index (χ2n) is 8.25. The van der Waals surface area contributed by atoms with Gasteiger partial charge < -0.3 is 16.0 Å². The lowest BCUT2D eigenvalue weighted by Crippen LogP contribution is -2.30. The average Bonchev–Trinajstić information content (AvgIpc) is 3.44. The summed E-state index contributed by atoms with van der Waals surface area (Å²) in [6.45, 7) is 1.79. The van der Waals surface area contributed by atoms with E-state index in [-0.39, 0.29) is 17.5 Å². The Bertz CT molecular complexity index is 1490. The third-order valence-electron chi connectivity index (χ3n) is 5.34. The number of thioether (sulfide) groups is 1. The largest absolute Gasteiger partial charge is 0.324 e. The van der Waals surface area contributed by atoms with Crippen molar-refractivity contribution in [1.82, 2.24) is 5.32 Å². The van der Waals surface area contributed by atoms with E-state index in [9.17, 15) is 14.4 Å². The summed E-state index contributed by atoms with van der Waals surface area (Å²) in [5, 5.41) is 10.7. The minimum Gasteiger partial charge on any atom is -0.324 e. The van der Waals surface area contributed by atoms with Crippen LogP contribution in [0.15, 0.2) is 101 Å². The van der Waals surface area contributed by atoms with E-state index in [0.717, 1.165) is 9.77 Å². The van der Waals surface area contributed by atoms with Crippen LogP contribution in [0.3, 0.4) is 0 Å².